The molecule has 0 aromatic carbocycles. The van der Waals surface area contributed by atoms with Crippen LogP contribution >= 0.6 is 0 Å². The van der Waals surface area contributed by atoms with Crippen LogP contribution in [0.25, 0.3) is 0 Å². The third-order valence-corrected chi connectivity index (χ3v) is 12.0. The minimum absolute atomic E-state index is 0.0637. The first-order chi connectivity index (χ1) is 28.7. The first kappa shape index (κ1) is 57.4. The second kappa shape index (κ2) is 45.9. The summed E-state index contributed by atoms with van der Waals surface area (Å²) >= 11 is 0. The summed E-state index contributed by atoms with van der Waals surface area (Å²) < 4.78 is 16.8. The van der Waals surface area contributed by atoms with Crippen LogP contribution in [0.2, 0.25) is 0 Å². The Kier molecular flexibility index (Phi) is 44.7. The van der Waals surface area contributed by atoms with Gasteiger partial charge in [0.2, 0.25) is 0 Å². The van der Waals surface area contributed by atoms with Gasteiger partial charge in [0.05, 0.1) is 0 Å². The molecular weight excluding hydrogens is 733 g/mol. The molecule has 0 bridgehead atoms. The molecule has 0 saturated carbocycles. The quantitative estimate of drug-likeness (QED) is 0.0345. The van der Waals surface area contributed by atoms with E-state index in [1.165, 1.54) is 180 Å². The van der Waals surface area contributed by atoms with Gasteiger partial charge in [0.15, 0.2) is 6.10 Å². The molecule has 0 spiro atoms. The Labute approximate surface area is 368 Å². The van der Waals surface area contributed by atoms with Gasteiger partial charge in [-0.15, -0.1) is 0 Å². The standard InChI is InChI=1S/C53H102O6/c1-6-7-8-9-10-11-12-14-18-23-28-33-38-43-51(54)57-46-50(59-53(56)45-40-35-30-25-20-22-27-32-37-42-49(4)5)47-58-52(55)44-39-34-29-24-19-16-13-15-17-21-26-31-36-41-48(2)3/h48-50H,6-47H2,1-5H3/t50-/m0/s1. The zero-order valence-corrected chi connectivity index (χ0v) is 40.4. The molecule has 0 aromatic rings. The predicted molar refractivity (Wildman–Crippen MR) is 252 cm³/mol. The van der Waals surface area contributed by atoms with E-state index in [1.54, 1.807) is 0 Å². The molecule has 0 N–H and O–H groups in total. The van der Waals surface area contributed by atoms with Crippen molar-refractivity contribution >= 4 is 17.9 Å². The van der Waals surface area contributed by atoms with Gasteiger partial charge in [-0.25, -0.2) is 0 Å². The average Bonchev–Trinajstić information content (AvgIpc) is 3.20. The molecule has 0 aliphatic heterocycles. The van der Waals surface area contributed by atoms with E-state index in [-0.39, 0.29) is 31.1 Å². The van der Waals surface area contributed by atoms with Crippen LogP contribution in [-0.4, -0.2) is 37.2 Å². The molecule has 0 amide bonds. The van der Waals surface area contributed by atoms with Gasteiger partial charge in [-0.3, -0.25) is 14.4 Å². The first-order valence-electron chi connectivity index (χ1n) is 26.2. The Balaban J connectivity index is 4.30. The van der Waals surface area contributed by atoms with Crippen molar-refractivity contribution in [1.82, 2.24) is 0 Å². The topological polar surface area (TPSA) is 78.9 Å². The number of esters is 3. The molecular formula is C53H102O6. The largest absolute Gasteiger partial charge is 0.462 e. The minimum atomic E-state index is -0.761. The fourth-order valence-electron chi connectivity index (χ4n) is 7.99. The van der Waals surface area contributed by atoms with E-state index in [1.807, 2.05) is 0 Å². The summed E-state index contributed by atoms with van der Waals surface area (Å²) in [6, 6.07) is 0. The SMILES string of the molecule is CCCCCCCCCCCCCCCC(=O)OC[C@@H](COC(=O)CCCCCCCCCCCCCCCC(C)C)OC(=O)CCCCCCCCCCCC(C)C. The molecule has 0 aliphatic carbocycles. The van der Waals surface area contributed by atoms with Crippen LogP contribution in [0.4, 0.5) is 0 Å². The van der Waals surface area contributed by atoms with Gasteiger partial charge in [-0.05, 0) is 31.1 Å². The van der Waals surface area contributed by atoms with Crippen LogP contribution in [0.1, 0.15) is 291 Å². The van der Waals surface area contributed by atoms with Crippen LogP contribution in [0, 0.1) is 11.8 Å². The molecule has 0 heterocycles. The summed E-state index contributed by atoms with van der Waals surface area (Å²) in [5.41, 5.74) is 0. The fraction of sp³-hybridized carbons (Fsp3) is 0.943. The van der Waals surface area contributed by atoms with E-state index in [0.29, 0.717) is 19.3 Å². The van der Waals surface area contributed by atoms with Gasteiger partial charge in [0, 0.05) is 19.3 Å². The minimum Gasteiger partial charge on any atom is -0.462 e. The van der Waals surface area contributed by atoms with Crippen molar-refractivity contribution in [2.75, 3.05) is 13.2 Å². The lowest BCUT2D eigenvalue weighted by Gasteiger charge is -2.18. The van der Waals surface area contributed by atoms with Crippen molar-refractivity contribution in [1.29, 1.82) is 0 Å². The molecule has 0 aliphatic rings. The van der Waals surface area contributed by atoms with E-state index in [4.69, 9.17) is 14.2 Å². The Morgan fingerprint density at radius 2 is 0.559 bits per heavy atom. The second-order valence-electron chi connectivity index (χ2n) is 19.1. The summed E-state index contributed by atoms with van der Waals surface area (Å²) in [6.45, 7) is 11.4. The maximum Gasteiger partial charge on any atom is 0.306 e. The Bertz CT molecular complexity index is 900. The normalized spacial score (nSPS) is 12.1. The maximum atomic E-state index is 12.8. The zero-order chi connectivity index (χ0) is 43.3. The molecule has 0 aromatic heterocycles. The van der Waals surface area contributed by atoms with Crippen LogP contribution in [0.5, 0.6) is 0 Å². The summed E-state index contributed by atoms with van der Waals surface area (Å²) in [4.78, 5) is 37.9. The molecule has 0 fully saturated rings. The maximum absolute atomic E-state index is 12.8. The number of ether oxygens (including phenoxy) is 3. The second-order valence-corrected chi connectivity index (χ2v) is 19.1. The predicted octanol–water partition coefficient (Wildman–Crippen LogP) is 16.9. The van der Waals surface area contributed by atoms with Crippen molar-refractivity contribution in [3.63, 3.8) is 0 Å². The number of hydrogen-bond donors (Lipinski definition) is 0. The van der Waals surface area contributed by atoms with Gasteiger partial charge < -0.3 is 14.2 Å². The van der Waals surface area contributed by atoms with E-state index >= 15 is 0 Å². The molecule has 6 heteroatoms. The number of carbonyl (C=O) groups is 3. The molecule has 0 rings (SSSR count). The molecule has 0 radical (unpaired) electrons. The van der Waals surface area contributed by atoms with Gasteiger partial charge >= 0.3 is 17.9 Å². The van der Waals surface area contributed by atoms with Crippen molar-refractivity contribution < 1.29 is 28.6 Å². The van der Waals surface area contributed by atoms with Crippen LogP contribution in [-0.2, 0) is 28.6 Å². The molecule has 59 heavy (non-hydrogen) atoms. The van der Waals surface area contributed by atoms with E-state index < -0.39 is 6.10 Å². The highest BCUT2D eigenvalue weighted by atomic mass is 16.6. The van der Waals surface area contributed by atoms with E-state index in [9.17, 15) is 14.4 Å². The zero-order valence-electron chi connectivity index (χ0n) is 40.4. The molecule has 0 saturated heterocycles. The highest BCUT2D eigenvalue weighted by molar-refractivity contribution is 5.71. The van der Waals surface area contributed by atoms with Crippen molar-refractivity contribution in [2.45, 2.75) is 298 Å². The van der Waals surface area contributed by atoms with Crippen LogP contribution < -0.4 is 0 Å². The molecule has 0 unspecified atom stereocenters. The lowest BCUT2D eigenvalue weighted by atomic mass is 10.0. The number of carbonyl (C=O) groups excluding carboxylic acids is 3. The van der Waals surface area contributed by atoms with Crippen molar-refractivity contribution in [3.05, 3.63) is 0 Å². The van der Waals surface area contributed by atoms with Gasteiger partial charge in [-0.1, -0.05) is 253 Å². The van der Waals surface area contributed by atoms with Crippen molar-refractivity contribution in [2.24, 2.45) is 11.8 Å². The Morgan fingerprint density at radius 1 is 0.322 bits per heavy atom. The summed E-state index contributed by atoms with van der Waals surface area (Å²) in [5, 5.41) is 0. The lowest BCUT2D eigenvalue weighted by molar-refractivity contribution is -0.167. The van der Waals surface area contributed by atoms with Crippen LogP contribution in [0.15, 0.2) is 0 Å². The highest BCUT2D eigenvalue weighted by Gasteiger charge is 2.19. The van der Waals surface area contributed by atoms with Gasteiger partial charge in [0.1, 0.15) is 13.2 Å². The summed E-state index contributed by atoms with van der Waals surface area (Å²) in [7, 11) is 0. The van der Waals surface area contributed by atoms with Gasteiger partial charge in [-0.2, -0.15) is 0 Å². The third-order valence-electron chi connectivity index (χ3n) is 12.0. The smallest absolute Gasteiger partial charge is 0.306 e. The van der Waals surface area contributed by atoms with Crippen molar-refractivity contribution in [3.8, 4) is 0 Å². The summed E-state index contributed by atoms with van der Waals surface area (Å²) in [5.74, 6) is 0.798. The lowest BCUT2D eigenvalue weighted by Crippen LogP contribution is -2.30. The number of hydrogen-bond acceptors (Lipinski definition) is 6. The Hall–Kier alpha value is -1.59. The molecule has 350 valence electrons. The molecule has 1 atom stereocenters. The third kappa shape index (κ3) is 47.3. The summed E-state index contributed by atoms with van der Waals surface area (Å²) in [6.07, 6.45) is 46.6. The number of rotatable bonds is 47. The first-order valence-corrected chi connectivity index (χ1v) is 26.2. The average molecular weight is 835 g/mol. The van der Waals surface area contributed by atoms with E-state index in [0.717, 1.165) is 69.6 Å². The monoisotopic (exact) mass is 835 g/mol. The molecule has 6 nitrogen and oxygen atoms in total. The van der Waals surface area contributed by atoms with E-state index in [2.05, 4.69) is 34.6 Å². The van der Waals surface area contributed by atoms with Crippen LogP contribution in [0.3, 0.4) is 0 Å². The Morgan fingerprint density at radius 3 is 0.831 bits per heavy atom. The number of unbranched alkanes of at least 4 members (excludes halogenated alkanes) is 32. The fourth-order valence-corrected chi connectivity index (χ4v) is 7.99. The van der Waals surface area contributed by atoms with Gasteiger partial charge in [0.25, 0.3) is 0 Å². The highest BCUT2D eigenvalue weighted by Crippen LogP contribution is 2.17.